The molecule has 0 amide bonds. The van der Waals surface area contributed by atoms with E-state index >= 15 is 0 Å². The summed E-state index contributed by atoms with van der Waals surface area (Å²) in [6.45, 7) is 6.82. The maximum Gasteiger partial charge on any atom is 0.312 e. The topological polar surface area (TPSA) is 87.7 Å². The van der Waals surface area contributed by atoms with Gasteiger partial charge in [0.1, 0.15) is 0 Å². The summed E-state index contributed by atoms with van der Waals surface area (Å²) in [5.41, 5.74) is -0.769. The molecular weight excluding hydrogens is 248 g/mol. The molecule has 0 bridgehead atoms. The number of esters is 1. The fraction of sp³-hybridized carbons (Fsp3) is 0.846. The predicted octanol–water partition coefficient (Wildman–Crippen LogP) is 0.230. The van der Waals surface area contributed by atoms with Crippen LogP contribution in [-0.4, -0.2) is 50.3 Å². The maximum atomic E-state index is 11.1. The van der Waals surface area contributed by atoms with Gasteiger partial charge in [0.2, 0.25) is 0 Å². The minimum absolute atomic E-state index is 0.0995. The molecule has 19 heavy (non-hydrogen) atoms. The van der Waals surface area contributed by atoms with E-state index < -0.39 is 11.4 Å². The third kappa shape index (κ3) is 3.91. The number of hydrogen-bond acceptors (Lipinski definition) is 5. The van der Waals surface area contributed by atoms with Gasteiger partial charge in [0.05, 0.1) is 17.9 Å². The van der Waals surface area contributed by atoms with Crippen LogP contribution in [0.5, 0.6) is 0 Å². The van der Waals surface area contributed by atoms with E-state index in [1.165, 1.54) is 7.11 Å². The zero-order chi connectivity index (χ0) is 14.5. The largest absolute Gasteiger partial charge is 0.481 e. The Bertz CT molecular complexity index is 332. The minimum Gasteiger partial charge on any atom is -0.481 e. The molecule has 2 fully saturated rings. The van der Waals surface area contributed by atoms with Crippen molar-refractivity contribution in [3.63, 3.8) is 0 Å². The fourth-order valence-electron chi connectivity index (χ4n) is 2.24. The van der Waals surface area contributed by atoms with E-state index in [1.54, 1.807) is 6.92 Å². The van der Waals surface area contributed by atoms with Crippen LogP contribution in [0, 0.1) is 10.8 Å². The van der Waals surface area contributed by atoms with E-state index in [0.717, 1.165) is 32.5 Å². The van der Waals surface area contributed by atoms with Gasteiger partial charge in [-0.25, -0.2) is 0 Å². The minimum atomic E-state index is -0.688. The Balaban J connectivity index is 0.000000191. The van der Waals surface area contributed by atoms with Crippen molar-refractivity contribution in [2.24, 2.45) is 10.8 Å². The molecule has 0 aromatic heterocycles. The van der Waals surface area contributed by atoms with E-state index in [-0.39, 0.29) is 11.4 Å². The molecule has 6 nitrogen and oxygen atoms in total. The molecule has 2 aliphatic heterocycles. The summed E-state index contributed by atoms with van der Waals surface area (Å²) in [6, 6.07) is 0. The van der Waals surface area contributed by atoms with Crippen molar-refractivity contribution in [2.45, 2.75) is 26.7 Å². The lowest BCUT2D eigenvalue weighted by Crippen LogP contribution is -2.31. The van der Waals surface area contributed by atoms with E-state index in [1.807, 2.05) is 6.92 Å². The van der Waals surface area contributed by atoms with Gasteiger partial charge in [-0.3, -0.25) is 9.59 Å². The molecule has 0 spiro atoms. The van der Waals surface area contributed by atoms with Crippen molar-refractivity contribution in [3.05, 3.63) is 0 Å². The predicted molar refractivity (Wildman–Crippen MR) is 70.8 cm³/mol. The van der Waals surface area contributed by atoms with E-state index in [2.05, 4.69) is 15.4 Å². The van der Waals surface area contributed by atoms with Gasteiger partial charge in [-0.2, -0.15) is 0 Å². The van der Waals surface area contributed by atoms with E-state index in [0.29, 0.717) is 6.54 Å². The number of aliphatic carboxylic acids is 1. The molecule has 2 unspecified atom stereocenters. The number of hydrogen-bond donors (Lipinski definition) is 3. The normalized spacial score (nSPS) is 33.4. The second kappa shape index (κ2) is 6.34. The second-order valence-electron chi connectivity index (χ2n) is 5.77. The van der Waals surface area contributed by atoms with Crippen LogP contribution in [0.3, 0.4) is 0 Å². The summed E-state index contributed by atoms with van der Waals surface area (Å²) in [4.78, 5) is 21.6. The molecular formula is C13H24N2O4. The third-order valence-corrected chi connectivity index (χ3v) is 3.93. The van der Waals surface area contributed by atoms with Crippen LogP contribution in [0.15, 0.2) is 0 Å². The number of rotatable bonds is 2. The quantitative estimate of drug-likeness (QED) is 0.624. The van der Waals surface area contributed by atoms with Crippen LogP contribution < -0.4 is 10.6 Å². The summed E-state index contributed by atoms with van der Waals surface area (Å²) in [5, 5.41) is 14.8. The number of carboxylic acids is 1. The standard InChI is InChI=1S/C7H13NO2.C6H11NO2/c1-7(6(9)10-2)3-4-8-5-7;1-6(5(8)9)2-3-7-4-6/h8H,3-5H2,1-2H3;7H,2-4H2,1H3,(H,8,9). The van der Waals surface area contributed by atoms with Gasteiger partial charge in [0.15, 0.2) is 0 Å². The first kappa shape index (κ1) is 15.9. The number of carboxylic acid groups (broad SMARTS) is 1. The summed E-state index contributed by atoms with van der Waals surface area (Å²) in [5.74, 6) is -0.787. The van der Waals surface area contributed by atoms with Crippen LogP contribution in [0.1, 0.15) is 26.7 Å². The van der Waals surface area contributed by atoms with Crippen LogP contribution in [0.4, 0.5) is 0 Å². The Hall–Kier alpha value is -1.14. The van der Waals surface area contributed by atoms with Gasteiger partial charge in [-0.1, -0.05) is 0 Å². The molecule has 6 heteroatoms. The fourth-order valence-corrected chi connectivity index (χ4v) is 2.24. The number of nitrogens with one attached hydrogen (secondary N) is 2. The van der Waals surface area contributed by atoms with Crippen LogP contribution in [0.25, 0.3) is 0 Å². The Morgan fingerprint density at radius 3 is 1.79 bits per heavy atom. The van der Waals surface area contributed by atoms with Crippen molar-refractivity contribution >= 4 is 11.9 Å². The zero-order valence-electron chi connectivity index (χ0n) is 11.9. The number of carbonyl (C=O) groups excluding carboxylic acids is 1. The molecule has 0 aromatic rings. The monoisotopic (exact) mass is 272 g/mol. The van der Waals surface area contributed by atoms with Crippen molar-refractivity contribution in [1.29, 1.82) is 0 Å². The number of methoxy groups -OCH3 is 1. The summed E-state index contributed by atoms with van der Waals surface area (Å²) in [7, 11) is 1.44. The first-order chi connectivity index (χ1) is 8.84. The van der Waals surface area contributed by atoms with Crippen molar-refractivity contribution in [3.8, 4) is 0 Å². The second-order valence-corrected chi connectivity index (χ2v) is 5.77. The SMILES string of the molecule is CC1(C(=O)O)CCNC1.COC(=O)C1(C)CCNC1. The highest BCUT2D eigenvalue weighted by Gasteiger charge is 2.37. The molecule has 0 saturated carbocycles. The highest BCUT2D eigenvalue weighted by molar-refractivity contribution is 5.77. The van der Waals surface area contributed by atoms with Crippen molar-refractivity contribution < 1.29 is 19.4 Å². The molecule has 0 aliphatic carbocycles. The summed E-state index contributed by atoms with van der Waals surface area (Å²) in [6.07, 6.45) is 1.64. The lowest BCUT2D eigenvalue weighted by molar-refractivity contribution is -0.150. The van der Waals surface area contributed by atoms with E-state index in [9.17, 15) is 9.59 Å². The third-order valence-electron chi connectivity index (χ3n) is 3.93. The lowest BCUT2D eigenvalue weighted by Gasteiger charge is -2.18. The molecule has 0 radical (unpaired) electrons. The molecule has 3 N–H and O–H groups in total. The first-order valence-electron chi connectivity index (χ1n) is 6.57. The van der Waals surface area contributed by atoms with Gasteiger partial charge in [-0.05, 0) is 39.8 Å². The van der Waals surface area contributed by atoms with Gasteiger partial charge >= 0.3 is 11.9 Å². The molecule has 2 saturated heterocycles. The van der Waals surface area contributed by atoms with Gasteiger partial charge in [0.25, 0.3) is 0 Å². The molecule has 2 aliphatic rings. The highest BCUT2D eigenvalue weighted by Crippen LogP contribution is 2.25. The average molecular weight is 272 g/mol. The first-order valence-corrected chi connectivity index (χ1v) is 6.57. The zero-order valence-corrected chi connectivity index (χ0v) is 11.9. The summed E-state index contributed by atoms with van der Waals surface area (Å²) < 4.78 is 4.66. The Labute approximate surface area is 113 Å². The highest BCUT2D eigenvalue weighted by atomic mass is 16.5. The van der Waals surface area contributed by atoms with Crippen LogP contribution >= 0.6 is 0 Å². The Morgan fingerprint density at radius 2 is 1.53 bits per heavy atom. The molecule has 2 rings (SSSR count). The molecule has 2 heterocycles. The molecule has 0 aromatic carbocycles. The number of carbonyl (C=O) groups is 2. The van der Waals surface area contributed by atoms with E-state index in [4.69, 9.17) is 5.11 Å². The van der Waals surface area contributed by atoms with Crippen molar-refractivity contribution in [1.82, 2.24) is 10.6 Å². The average Bonchev–Trinajstić information content (AvgIpc) is 3.00. The van der Waals surface area contributed by atoms with Gasteiger partial charge in [0, 0.05) is 13.1 Å². The van der Waals surface area contributed by atoms with Crippen molar-refractivity contribution in [2.75, 3.05) is 33.3 Å². The Kier molecular flexibility index (Phi) is 5.31. The van der Waals surface area contributed by atoms with Crippen LogP contribution in [-0.2, 0) is 14.3 Å². The number of ether oxygens (including phenoxy) is 1. The smallest absolute Gasteiger partial charge is 0.312 e. The summed E-state index contributed by atoms with van der Waals surface area (Å²) >= 11 is 0. The van der Waals surface area contributed by atoms with Gasteiger partial charge in [-0.15, -0.1) is 0 Å². The molecule has 110 valence electrons. The van der Waals surface area contributed by atoms with Gasteiger partial charge < -0.3 is 20.5 Å². The Morgan fingerprint density at radius 1 is 1.05 bits per heavy atom. The lowest BCUT2D eigenvalue weighted by atomic mass is 9.90. The van der Waals surface area contributed by atoms with Crippen LogP contribution in [0.2, 0.25) is 0 Å². The molecule has 2 atom stereocenters. The maximum absolute atomic E-state index is 11.1.